The van der Waals surface area contributed by atoms with Gasteiger partial charge in [0.2, 0.25) is 0 Å². The van der Waals surface area contributed by atoms with Gasteiger partial charge < -0.3 is 4.74 Å². The summed E-state index contributed by atoms with van der Waals surface area (Å²) in [4.78, 5) is 12.1. The van der Waals surface area contributed by atoms with E-state index in [2.05, 4.69) is 15.6 Å². The van der Waals surface area contributed by atoms with Gasteiger partial charge in [-0.25, -0.2) is 10.1 Å². The Hall–Kier alpha value is -3.90. The molecule has 1 amide bonds. The van der Waals surface area contributed by atoms with Crippen molar-refractivity contribution in [1.82, 2.24) is 15.2 Å². The van der Waals surface area contributed by atoms with E-state index in [0.29, 0.717) is 22.2 Å². The molecule has 160 valence electrons. The predicted molar refractivity (Wildman–Crippen MR) is 126 cm³/mol. The van der Waals surface area contributed by atoms with E-state index >= 15 is 0 Å². The van der Waals surface area contributed by atoms with E-state index in [0.717, 1.165) is 16.8 Å². The molecular formula is C25H21ClN4O2. The highest BCUT2D eigenvalue weighted by molar-refractivity contribution is 6.32. The van der Waals surface area contributed by atoms with Crippen LogP contribution in [0.2, 0.25) is 5.15 Å². The van der Waals surface area contributed by atoms with Crippen LogP contribution < -0.4 is 10.2 Å². The molecule has 0 fully saturated rings. The summed E-state index contributed by atoms with van der Waals surface area (Å²) in [5.41, 5.74) is 6.83. The summed E-state index contributed by atoms with van der Waals surface area (Å²) in [6.07, 6.45) is 1.48. The molecular weight excluding hydrogens is 424 g/mol. The van der Waals surface area contributed by atoms with Crippen LogP contribution in [0, 0.1) is 6.92 Å². The van der Waals surface area contributed by atoms with Crippen molar-refractivity contribution in [3.05, 3.63) is 101 Å². The van der Waals surface area contributed by atoms with Crippen molar-refractivity contribution in [2.24, 2.45) is 5.10 Å². The van der Waals surface area contributed by atoms with Crippen LogP contribution in [0.25, 0.3) is 16.8 Å². The lowest BCUT2D eigenvalue weighted by atomic mass is 10.1. The number of nitrogens with zero attached hydrogens (tertiary/aromatic N) is 3. The van der Waals surface area contributed by atoms with Crippen LogP contribution in [-0.2, 0) is 4.79 Å². The monoisotopic (exact) mass is 444 g/mol. The molecule has 0 aliphatic carbocycles. The number of nitrogens with one attached hydrogen (secondary N) is 1. The van der Waals surface area contributed by atoms with E-state index in [-0.39, 0.29) is 12.5 Å². The number of hydrogen-bond acceptors (Lipinski definition) is 4. The van der Waals surface area contributed by atoms with Gasteiger partial charge in [-0.1, -0.05) is 72.3 Å². The summed E-state index contributed by atoms with van der Waals surface area (Å²) in [6, 6.07) is 27.2. The molecule has 1 aromatic heterocycles. The number of amides is 1. The summed E-state index contributed by atoms with van der Waals surface area (Å²) >= 11 is 6.45. The Balaban J connectivity index is 1.32. The molecule has 0 saturated heterocycles. The molecule has 0 spiro atoms. The topological polar surface area (TPSA) is 68.5 Å². The zero-order chi connectivity index (χ0) is 22.3. The van der Waals surface area contributed by atoms with Gasteiger partial charge in [-0.05, 0) is 42.3 Å². The van der Waals surface area contributed by atoms with Gasteiger partial charge in [-0.15, -0.1) is 0 Å². The second-order valence-corrected chi connectivity index (χ2v) is 7.37. The van der Waals surface area contributed by atoms with Crippen LogP contribution in [0.15, 0.2) is 90.0 Å². The van der Waals surface area contributed by atoms with Crippen LogP contribution in [0.3, 0.4) is 0 Å². The minimum atomic E-state index is -0.377. The van der Waals surface area contributed by atoms with Crippen molar-refractivity contribution in [2.75, 3.05) is 6.61 Å². The Morgan fingerprint density at radius 2 is 1.62 bits per heavy atom. The highest BCUT2D eigenvalue weighted by atomic mass is 35.5. The molecule has 0 aliphatic rings. The van der Waals surface area contributed by atoms with Crippen molar-refractivity contribution in [3.8, 4) is 22.6 Å². The number of benzene rings is 3. The molecule has 0 unspecified atom stereocenters. The molecule has 1 heterocycles. The van der Waals surface area contributed by atoms with Crippen molar-refractivity contribution < 1.29 is 9.53 Å². The number of halogens is 1. The molecule has 32 heavy (non-hydrogen) atoms. The first-order valence-electron chi connectivity index (χ1n) is 10.0. The van der Waals surface area contributed by atoms with Gasteiger partial charge in [-0.2, -0.15) is 10.2 Å². The minimum absolute atomic E-state index is 0.155. The van der Waals surface area contributed by atoms with E-state index in [9.17, 15) is 4.79 Å². The predicted octanol–water partition coefficient (Wildman–Crippen LogP) is 5.03. The lowest BCUT2D eigenvalue weighted by Gasteiger charge is -2.06. The third-order valence-electron chi connectivity index (χ3n) is 4.76. The number of carbonyl (C=O) groups is 1. The SMILES string of the molecule is Cc1nn(-c2ccccc2)c(Cl)c1C=NNC(=O)COc1ccc(-c2ccccc2)cc1. The molecule has 0 saturated carbocycles. The lowest BCUT2D eigenvalue weighted by Crippen LogP contribution is -2.24. The molecule has 4 aromatic rings. The molecule has 0 bridgehead atoms. The van der Waals surface area contributed by atoms with E-state index in [4.69, 9.17) is 16.3 Å². The molecule has 0 aliphatic heterocycles. The largest absolute Gasteiger partial charge is 0.484 e. The van der Waals surface area contributed by atoms with Gasteiger partial charge in [0, 0.05) is 0 Å². The first-order chi connectivity index (χ1) is 15.6. The molecule has 6 nitrogen and oxygen atoms in total. The number of para-hydroxylation sites is 1. The number of aryl methyl sites for hydroxylation is 1. The summed E-state index contributed by atoms with van der Waals surface area (Å²) in [7, 11) is 0. The zero-order valence-electron chi connectivity index (χ0n) is 17.4. The Labute approximate surface area is 191 Å². The quantitative estimate of drug-likeness (QED) is 0.321. The highest BCUT2D eigenvalue weighted by Crippen LogP contribution is 2.23. The van der Waals surface area contributed by atoms with Gasteiger partial charge in [0.25, 0.3) is 5.91 Å². The van der Waals surface area contributed by atoms with Gasteiger partial charge in [0.1, 0.15) is 10.9 Å². The lowest BCUT2D eigenvalue weighted by molar-refractivity contribution is -0.123. The van der Waals surface area contributed by atoms with Gasteiger partial charge in [-0.3, -0.25) is 4.79 Å². The summed E-state index contributed by atoms with van der Waals surface area (Å²) in [5, 5.41) is 8.85. The van der Waals surface area contributed by atoms with Crippen LogP contribution in [0.4, 0.5) is 0 Å². The van der Waals surface area contributed by atoms with Crippen LogP contribution in [0.5, 0.6) is 5.75 Å². The van der Waals surface area contributed by atoms with Gasteiger partial charge in [0.15, 0.2) is 6.61 Å². The van der Waals surface area contributed by atoms with Crippen molar-refractivity contribution >= 4 is 23.7 Å². The van der Waals surface area contributed by atoms with Crippen LogP contribution in [-0.4, -0.2) is 28.5 Å². The molecule has 0 atom stereocenters. The normalized spacial score (nSPS) is 10.9. The Morgan fingerprint density at radius 3 is 2.31 bits per heavy atom. The summed E-state index contributed by atoms with van der Waals surface area (Å²) in [5.74, 6) is 0.226. The van der Waals surface area contributed by atoms with Crippen LogP contribution in [0.1, 0.15) is 11.3 Å². The third-order valence-corrected chi connectivity index (χ3v) is 5.13. The molecule has 1 N–H and O–H groups in total. The van der Waals surface area contributed by atoms with Gasteiger partial charge >= 0.3 is 0 Å². The maximum atomic E-state index is 12.1. The number of hydrazone groups is 1. The van der Waals surface area contributed by atoms with Crippen molar-refractivity contribution in [2.45, 2.75) is 6.92 Å². The summed E-state index contributed by atoms with van der Waals surface area (Å²) < 4.78 is 7.17. The Kier molecular flexibility index (Phi) is 6.63. The maximum Gasteiger partial charge on any atom is 0.277 e. The molecule has 7 heteroatoms. The van der Waals surface area contributed by atoms with E-state index in [1.807, 2.05) is 91.9 Å². The van der Waals surface area contributed by atoms with E-state index in [1.165, 1.54) is 6.21 Å². The fourth-order valence-corrected chi connectivity index (χ4v) is 3.44. The average Bonchev–Trinajstić information content (AvgIpc) is 3.12. The van der Waals surface area contributed by atoms with E-state index < -0.39 is 0 Å². The van der Waals surface area contributed by atoms with Crippen LogP contribution >= 0.6 is 11.6 Å². The third kappa shape index (κ3) is 5.04. The number of ether oxygens (including phenoxy) is 1. The first-order valence-corrected chi connectivity index (χ1v) is 10.4. The molecule has 0 radical (unpaired) electrons. The summed E-state index contributed by atoms with van der Waals surface area (Å²) in [6.45, 7) is 1.68. The number of hydrogen-bond donors (Lipinski definition) is 1. The number of aromatic nitrogens is 2. The second kappa shape index (κ2) is 9.94. The number of rotatable bonds is 7. The van der Waals surface area contributed by atoms with Gasteiger partial charge in [0.05, 0.1) is 23.2 Å². The van der Waals surface area contributed by atoms with Crippen molar-refractivity contribution in [1.29, 1.82) is 0 Å². The van der Waals surface area contributed by atoms with Crippen molar-refractivity contribution in [3.63, 3.8) is 0 Å². The fraction of sp³-hybridized carbons (Fsp3) is 0.0800. The average molecular weight is 445 g/mol. The molecule has 4 rings (SSSR count). The minimum Gasteiger partial charge on any atom is -0.484 e. The Bertz CT molecular complexity index is 1220. The molecule has 3 aromatic carbocycles. The number of carbonyl (C=O) groups excluding carboxylic acids is 1. The standard InChI is InChI=1S/C25H21ClN4O2/c1-18-23(25(26)30(29-18)21-10-6-3-7-11-21)16-27-28-24(31)17-32-22-14-12-20(13-15-22)19-8-4-2-5-9-19/h2-16H,17H2,1H3,(H,28,31). The smallest absolute Gasteiger partial charge is 0.277 e. The second-order valence-electron chi connectivity index (χ2n) is 7.01. The van der Waals surface area contributed by atoms with E-state index in [1.54, 1.807) is 4.68 Å². The first kappa shape index (κ1) is 21.3. The fourth-order valence-electron chi connectivity index (χ4n) is 3.12. The Morgan fingerprint density at radius 1 is 1.00 bits per heavy atom. The zero-order valence-corrected chi connectivity index (χ0v) is 18.2. The maximum absolute atomic E-state index is 12.1. The highest BCUT2D eigenvalue weighted by Gasteiger charge is 2.13.